The minimum Gasteiger partial charge on any atom is -0.477 e. The Kier molecular flexibility index (Phi) is 4.78. The molecule has 114 valence electrons. The summed E-state index contributed by atoms with van der Waals surface area (Å²) in [5.41, 5.74) is 0.419. The van der Waals surface area contributed by atoms with Crippen LogP contribution in [0.1, 0.15) is 48.9 Å². The van der Waals surface area contributed by atoms with Crippen LogP contribution in [0.2, 0.25) is 0 Å². The third-order valence-electron chi connectivity index (χ3n) is 4.39. The van der Waals surface area contributed by atoms with E-state index in [1.54, 1.807) is 12.3 Å². The summed E-state index contributed by atoms with van der Waals surface area (Å²) in [6, 6.07) is 1.73. The molecule has 3 rings (SSSR count). The van der Waals surface area contributed by atoms with Crippen molar-refractivity contribution >= 4 is 21.9 Å². The molecule has 0 N–H and O–H groups in total. The van der Waals surface area contributed by atoms with E-state index in [0.29, 0.717) is 36.5 Å². The van der Waals surface area contributed by atoms with Gasteiger partial charge in [0, 0.05) is 10.7 Å². The van der Waals surface area contributed by atoms with Crippen LogP contribution in [0.3, 0.4) is 0 Å². The first-order chi connectivity index (χ1) is 10.2. The predicted molar refractivity (Wildman–Crippen MR) is 82.4 cm³/mol. The fraction of sp³-hybridized carbons (Fsp3) is 0.625. The zero-order valence-corrected chi connectivity index (χ0v) is 13.6. The third-order valence-corrected chi connectivity index (χ3v) is 4.83. The van der Waals surface area contributed by atoms with E-state index in [4.69, 9.17) is 9.47 Å². The van der Waals surface area contributed by atoms with Crippen LogP contribution >= 0.6 is 15.9 Å². The second kappa shape index (κ2) is 6.77. The van der Waals surface area contributed by atoms with Crippen molar-refractivity contribution in [1.29, 1.82) is 0 Å². The molecule has 2 fully saturated rings. The minimum atomic E-state index is -0.334. The number of hydrogen-bond acceptors (Lipinski definition) is 4. The van der Waals surface area contributed by atoms with Gasteiger partial charge in [-0.2, -0.15) is 0 Å². The van der Waals surface area contributed by atoms with Crippen LogP contribution in [0.5, 0.6) is 5.88 Å². The molecule has 5 heteroatoms. The lowest BCUT2D eigenvalue weighted by Crippen LogP contribution is -2.22. The highest BCUT2D eigenvalue weighted by molar-refractivity contribution is 9.10. The summed E-state index contributed by atoms with van der Waals surface area (Å²) in [4.78, 5) is 16.4. The van der Waals surface area contributed by atoms with E-state index < -0.39 is 0 Å². The molecule has 2 saturated carbocycles. The van der Waals surface area contributed by atoms with Crippen LogP contribution in [0.25, 0.3) is 0 Å². The smallest absolute Gasteiger partial charge is 0.343 e. The van der Waals surface area contributed by atoms with Crippen LogP contribution in [0.15, 0.2) is 16.7 Å². The number of aromatic nitrogens is 1. The SMILES string of the molecule is O=C(OCC1CCC1)c1cc(Br)cnc1OCC1CCC1. The number of esters is 1. The number of carbonyl (C=O) groups is 1. The molecule has 0 aromatic carbocycles. The van der Waals surface area contributed by atoms with Crippen LogP contribution in [0.4, 0.5) is 0 Å². The van der Waals surface area contributed by atoms with Gasteiger partial charge in [-0.3, -0.25) is 0 Å². The van der Waals surface area contributed by atoms with E-state index in [9.17, 15) is 4.79 Å². The second-order valence-electron chi connectivity index (χ2n) is 6.01. The molecule has 0 atom stereocenters. The Balaban J connectivity index is 1.62. The van der Waals surface area contributed by atoms with Gasteiger partial charge in [-0.05, 0) is 59.5 Å². The number of hydrogen-bond donors (Lipinski definition) is 0. The largest absolute Gasteiger partial charge is 0.477 e. The molecular formula is C16H20BrNO3. The maximum Gasteiger partial charge on any atom is 0.343 e. The van der Waals surface area contributed by atoms with Crippen LogP contribution < -0.4 is 4.74 Å². The van der Waals surface area contributed by atoms with E-state index >= 15 is 0 Å². The van der Waals surface area contributed by atoms with Crippen molar-refractivity contribution in [3.8, 4) is 5.88 Å². The van der Waals surface area contributed by atoms with Crippen LogP contribution in [0, 0.1) is 11.8 Å². The Morgan fingerprint density at radius 3 is 2.48 bits per heavy atom. The van der Waals surface area contributed by atoms with E-state index in [-0.39, 0.29) is 5.97 Å². The summed E-state index contributed by atoms with van der Waals surface area (Å²) < 4.78 is 11.9. The summed E-state index contributed by atoms with van der Waals surface area (Å²) in [6.07, 6.45) is 8.91. The molecule has 0 unspecified atom stereocenters. The number of pyridine rings is 1. The Morgan fingerprint density at radius 1 is 1.19 bits per heavy atom. The van der Waals surface area contributed by atoms with Gasteiger partial charge in [0.1, 0.15) is 5.56 Å². The van der Waals surface area contributed by atoms with Gasteiger partial charge in [0.2, 0.25) is 5.88 Å². The molecule has 0 saturated heterocycles. The van der Waals surface area contributed by atoms with E-state index in [2.05, 4.69) is 20.9 Å². The third kappa shape index (κ3) is 3.76. The standard InChI is InChI=1S/C16H20BrNO3/c17-13-7-14(16(19)21-10-12-5-2-6-12)15(18-8-13)20-9-11-3-1-4-11/h7-8,11-12H,1-6,9-10H2. The number of rotatable bonds is 6. The Hall–Kier alpha value is -1.10. The number of ether oxygens (including phenoxy) is 2. The summed E-state index contributed by atoms with van der Waals surface area (Å²) in [5.74, 6) is 1.20. The number of halogens is 1. The molecule has 0 radical (unpaired) electrons. The zero-order valence-electron chi connectivity index (χ0n) is 12.0. The van der Waals surface area contributed by atoms with Crippen molar-refractivity contribution in [1.82, 2.24) is 4.98 Å². The van der Waals surface area contributed by atoms with Gasteiger partial charge < -0.3 is 9.47 Å². The molecule has 0 aliphatic heterocycles. The number of carbonyl (C=O) groups excluding carboxylic acids is 1. The Bertz CT molecular complexity index is 512. The van der Waals surface area contributed by atoms with Crippen LogP contribution in [-0.2, 0) is 4.74 Å². The van der Waals surface area contributed by atoms with E-state index in [1.807, 2.05) is 0 Å². The van der Waals surface area contributed by atoms with Gasteiger partial charge in [-0.15, -0.1) is 0 Å². The molecule has 4 nitrogen and oxygen atoms in total. The Labute approximate surface area is 133 Å². The Morgan fingerprint density at radius 2 is 1.86 bits per heavy atom. The molecule has 1 aromatic heterocycles. The average Bonchev–Trinajstić information content (AvgIpc) is 2.36. The van der Waals surface area contributed by atoms with Gasteiger partial charge in [-0.1, -0.05) is 12.8 Å². The number of nitrogens with zero attached hydrogens (tertiary/aromatic N) is 1. The van der Waals surface area contributed by atoms with Crippen molar-refractivity contribution in [2.24, 2.45) is 11.8 Å². The van der Waals surface area contributed by atoms with Crippen molar-refractivity contribution in [2.75, 3.05) is 13.2 Å². The predicted octanol–water partition coefficient (Wildman–Crippen LogP) is 3.98. The summed E-state index contributed by atoms with van der Waals surface area (Å²) in [6.45, 7) is 1.14. The van der Waals surface area contributed by atoms with Crippen molar-refractivity contribution in [3.05, 3.63) is 22.3 Å². The molecule has 1 heterocycles. The fourth-order valence-electron chi connectivity index (χ4n) is 2.47. The maximum atomic E-state index is 12.2. The van der Waals surface area contributed by atoms with Gasteiger partial charge in [0.05, 0.1) is 13.2 Å². The van der Waals surface area contributed by atoms with Crippen molar-refractivity contribution in [3.63, 3.8) is 0 Å². The fourth-order valence-corrected chi connectivity index (χ4v) is 2.81. The molecule has 2 aliphatic carbocycles. The monoisotopic (exact) mass is 353 g/mol. The first-order valence-electron chi connectivity index (χ1n) is 7.68. The highest BCUT2D eigenvalue weighted by Gasteiger charge is 2.23. The summed E-state index contributed by atoms with van der Waals surface area (Å²) >= 11 is 3.35. The lowest BCUT2D eigenvalue weighted by molar-refractivity contribution is 0.0364. The quantitative estimate of drug-likeness (QED) is 0.725. The molecule has 0 bridgehead atoms. The molecular weight excluding hydrogens is 334 g/mol. The van der Waals surface area contributed by atoms with Gasteiger partial charge in [0.25, 0.3) is 0 Å². The van der Waals surface area contributed by atoms with Crippen molar-refractivity contribution < 1.29 is 14.3 Å². The lowest BCUT2D eigenvalue weighted by Gasteiger charge is -2.26. The van der Waals surface area contributed by atoms with Gasteiger partial charge >= 0.3 is 5.97 Å². The topological polar surface area (TPSA) is 48.4 Å². The first-order valence-corrected chi connectivity index (χ1v) is 8.47. The molecule has 1 aromatic rings. The minimum absolute atomic E-state index is 0.334. The summed E-state index contributed by atoms with van der Waals surface area (Å²) in [5, 5.41) is 0. The highest BCUT2D eigenvalue weighted by atomic mass is 79.9. The average molecular weight is 354 g/mol. The highest BCUT2D eigenvalue weighted by Crippen LogP contribution is 2.29. The van der Waals surface area contributed by atoms with E-state index in [1.165, 1.54) is 25.7 Å². The lowest BCUT2D eigenvalue weighted by atomic mass is 9.86. The maximum absolute atomic E-state index is 12.2. The first kappa shape index (κ1) is 14.8. The molecule has 0 amide bonds. The molecule has 0 spiro atoms. The van der Waals surface area contributed by atoms with Gasteiger partial charge in [0.15, 0.2) is 0 Å². The molecule has 21 heavy (non-hydrogen) atoms. The van der Waals surface area contributed by atoms with Gasteiger partial charge in [-0.25, -0.2) is 9.78 Å². The normalized spacial score (nSPS) is 18.7. The molecule has 2 aliphatic rings. The van der Waals surface area contributed by atoms with Crippen molar-refractivity contribution in [2.45, 2.75) is 38.5 Å². The van der Waals surface area contributed by atoms with Crippen LogP contribution in [-0.4, -0.2) is 24.2 Å². The summed E-state index contributed by atoms with van der Waals surface area (Å²) in [7, 11) is 0. The zero-order chi connectivity index (χ0) is 14.7. The second-order valence-corrected chi connectivity index (χ2v) is 6.93. The van der Waals surface area contributed by atoms with E-state index in [0.717, 1.165) is 17.3 Å².